The van der Waals surface area contributed by atoms with Gasteiger partial charge in [-0.2, -0.15) is 0 Å². The minimum Gasteiger partial charge on any atom is -0.330 e. The van der Waals surface area contributed by atoms with Crippen molar-refractivity contribution in [2.75, 3.05) is 13.1 Å². The van der Waals surface area contributed by atoms with Gasteiger partial charge in [0.2, 0.25) is 0 Å². The number of hydrogen-bond donors (Lipinski definition) is 2. The molecule has 0 fully saturated rings. The molecule has 0 aromatic heterocycles. The second-order valence-electron chi connectivity index (χ2n) is 3.90. The zero-order chi connectivity index (χ0) is 11.3. The van der Waals surface area contributed by atoms with Gasteiger partial charge in [-0.15, -0.1) is 0 Å². The first kappa shape index (κ1) is 12.7. The number of nitrogens with two attached hydrogens (primary N) is 2. The quantitative estimate of drug-likeness (QED) is 0.862. The van der Waals surface area contributed by atoms with E-state index in [-0.39, 0.29) is 0 Å². The van der Waals surface area contributed by atoms with Crippen LogP contribution < -0.4 is 11.5 Å². The third kappa shape index (κ3) is 3.59. The lowest BCUT2D eigenvalue weighted by atomic mass is 9.97. The largest absolute Gasteiger partial charge is 0.330 e. The topological polar surface area (TPSA) is 52.0 Å². The highest BCUT2D eigenvalue weighted by Crippen LogP contribution is 2.21. The molecule has 0 atom stereocenters. The Morgan fingerprint density at radius 2 is 1.93 bits per heavy atom. The third-order valence-corrected chi connectivity index (χ3v) is 3.73. The van der Waals surface area contributed by atoms with Crippen molar-refractivity contribution in [3.8, 4) is 0 Å². The maximum Gasteiger partial charge on any atom is 0.0207 e. The Kier molecular flexibility index (Phi) is 5.29. The first-order valence-electron chi connectivity index (χ1n) is 5.33. The molecule has 0 spiro atoms. The lowest BCUT2D eigenvalue weighted by molar-refractivity contribution is 0.507. The summed E-state index contributed by atoms with van der Waals surface area (Å²) in [6.45, 7) is 3.51. The molecule has 1 aromatic carbocycles. The SMILES string of the molecule is Cc1c(Br)cccc1CCC(CN)CN. The van der Waals surface area contributed by atoms with Crippen molar-refractivity contribution < 1.29 is 0 Å². The van der Waals surface area contributed by atoms with Gasteiger partial charge in [0.1, 0.15) is 0 Å². The molecule has 0 bridgehead atoms. The molecular formula is C12H19BrN2. The Morgan fingerprint density at radius 3 is 2.53 bits per heavy atom. The maximum atomic E-state index is 5.63. The highest BCUT2D eigenvalue weighted by molar-refractivity contribution is 9.10. The van der Waals surface area contributed by atoms with Gasteiger partial charge in [-0.3, -0.25) is 0 Å². The van der Waals surface area contributed by atoms with Gasteiger partial charge in [-0.1, -0.05) is 28.1 Å². The molecule has 0 saturated carbocycles. The minimum atomic E-state index is 0.448. The second-order valence-corrected chi connectivity index (χ2v) is 4.75. The van der Waals surface area contributed by atoms with Crippen LogP contribution in [0.25, 0.3) is 0 Å². The van der Waals surface area contributed by atoms with Crippen LogP contribution in [-0.2, 0) is 6.42 Å². The van der Waals surface area contributed by atoms with Gasteiger partial charge in [0.15, 0.2) is 0 Å². The summed E-state index contributed by atoms with van der Waals surface area (Å²) < 4.78 is 1.18. The minimum absolute atomic E-state index is 0.448. The van der Waals surface area contributed by atoms with Crippen molar-refractivity contribution in [1.82, 2.24) is 0 Å². The Balaban J connectivity index is 2.61. The lowest BCUT2D eigenvalue weighted by Gasteiger charge is -2.13. The molecule has 0 aliphatic heterocycles. The van der Waals surface area contributed by atoms with Crippen LogP contribution in [-0.4, -0.2) is 13.1 Å². The molecule has 15 heavy (non-hydrogen) atoms. The highest BCUT2D eigenvalue weighted by atomic mass is 79.9. The zero-order valence-electron chi connectivity index (χ0n) is 9.17. The summed E-state index contributed by atoms with van der Waals surface area (Å²) in [5, 5.41) is 0. The first-order valence-corrected chi connectivity index (χ1v) is 6.12. The van der Waals surface area contributed by atoms with E-state index in [1.807, 2.05) is 0 Å². The summed E-state index contributed by atoms with van der Waals surface area (Å²) in [5.41, 5.74) is 14.0. The monoisotopic (exact) mass is 270 g/mol. The molecule has 0 unspecified atom stereocenters. The van der Waals surface area contributed by atoms with Crippen molar-refractivity contribution in [2.45, 2.75) is 19.8 Å². The fourth-order valence-corrected chi connectivity index (χ4v) is 2.02. The van der Waals surface area contributed by atoms with Crippen LogP contribution in [0.5, 0.6) is 0 Å². The molecule has 2 nitrogen and oxygen atoms in total. The van der Waals surface area contributed by atoms with Crippen molar-refractivity contribution in [1.29, 1.82) is 0 Å². The molecule has 0 aliphatic rings. The smallest absolute Gasteiger partial charge is 0.0207 e. The van der Waals surface area contributed by atoms with Crippen LogP contribution in [0.3, 0.4) is 0 Å². The van der Waals surface area contributed by atoms with Crippen molar-refractivity contribution >= 4 is 15.9 Å². The molecule has 0 radical (unpaired) electrons. The number of halogens is 1. The van der Waals surface area contributed by atoms with E-state index in [4.69, 9.17) is 11.5 Å². The van der Waals surface area contributed by atoms with Gasteiger partial charge in [0.25, 0.3) is 0 Å². The lowest BCUT2D eigenvalue weighted by Crippen LogP contribution is -2.23. The average molecular weight is 271 g/mol. The third-order valence-electron chi connectivity index (χ3n) is 2.87. The zero-order valence-corrected chi connectivity index (χ0v) is 10.8. The molecule has 3 heteroatoms. The first-order chi connectivity index (χ1) is 7.19. The molecular weight excluding hydrogens is 252 g/mol. The summed E-state index contributed by atoms with van der Waals surface area (Å²) in [4.78, 5) is 0. The fourth-order valence-electron chi connectivity index (χ4n) is 1.61. The van der Waals surface area contributed by atoms with Crippen LogP contribution in [0.2, 0.25) is 0 Å². The van der Waals surface area contributed by atoms with Crippen LogP contribution in [0.4, 0.5) is 0 Å². The van der Waals surface area contributed by atoms with E-state index < -0.39 is 0 Å². The summed E-state index contributed by atoms with van der Waals surface area (Å²) in [6.07, 6.45) is 2.13. The average Bonchev–Trinajstić information content (AvgIpc) is 2.25. The van der Waals surface area contributed by atoms with Gasteiger partial charge < -0.3 is 11.5 Å². The Labute approximate surface area is 100 Å². The van der Waals surface area contributed by atoms with Crippen LogP contribution in [0, 0.1) is 12.8 Å². The standard InChI is InChI=1S/C12H19BrN2/c1-9-11(3-2-4-12(9)13)6-5-10(7-14)8-15/h2-4,10H,5-8,14-15H2,1H3. The van der Waals surface area contributed by atoms with E-state index in [0.29, 0.717) is 19.0 Å². The van der Waals surface area contributed by atoms with Crippen molar-refractivity contribution in [3.05, 3.63) is 33.8 Å². The number of rotatable bonds is 5. The molecule has 1 aromatic rings. The highest BCUT2D eigenvalue weighted by Gasteiger charge is 2.06. The van der Waals surface area contributed by atoms with Crippen LogP contribution in [0.1, 0.15) is 17.5 Å². The van der Waals surface area contributed by atoms with E-state index in [1.54, 1.807) is 0 Å². The van der Waals surface area contributed by atoms with E-state index in [9.17, 15) is 0 Å². The van der Waals surface area contributed by atoms with E-state index in [1.165, 1.54) is 15.6 Å². The van der Waals surface area contributed by atoms with Crippen LogP contribution in [0.15, 0.2) is 22.7 Å². The fraction of sp³-hybridized carbons (Fsp3) is 0.500. The summed E-state index contributed by atoms with van der Waals surface area (Å²) >= 11 is 3.54. The summed E-state index contributed by atoms with van der Waals surface area (Å²) in [6, 6.07) is 6.32. The van der Waals surface area contributed by atoms with Gasteiger partial charge in [0, 0.05) is 4.47 Å². The second kappa shape index (κ2) is 6.26. The molecule has 0 heterocycles. The summed E-state index contributed by atoms with van der Waals surface area (Å²) in [7, 11) is 0. The Bertz CT molecular complexity index is 308. The number of aryl methyl sites for hydroxylation is 1. The Hall–Kier alpha value is -0.380. The molecule has 4 N–H and O–H groups in total. The van der Waals surface area contributed by atoms with Gasteiger partial charge >= 0.3 is 0 Å². The van der Waals surface area contributed by atoms with Gasteiger partial charge in [0.05, 0.1) is 0 Å². The predicted octanol–water partition coefficient (Wildman–Crippen LogP) is 2.22. The number of hydrogen-bond acceptors (Lipinski definition) is 2. The van der Waals surface area contributed by atoms with E-state index in [2.05, 4.69) is 41.1 Å². The predicted molar refractivity (Wildman–Crippen MR) is 68.8 cm³/mol. The number of benzene rings is 1. The van der Waals surface area contributed by atoms with Crippen molar-refractivity contribution in [3.63, 3.8) is 0 Å². The van der Waals surface area contributed by atoms with Crippen molar-refractivity contribution in [2.24, 2.45) is 17.4 Å². The normalized spacial score (nSPS) is 11.0. The Morgan fingerprint density at radius 1 is 1.27 bits per heavy atom. The van der Waals surface area contributed by atoms with Gasteiger partial charge in [-0.25, -0.2) is 0 Å². The van der Waals surface area contributed by atoms with E-state index in [0.717, 1.165) is 12.8 Å². The molecule has 84 valence electrons. The van der Waals surface area contributed by atoms with Crippen LogP contribution >= 0.6 is 15.9 Å². The summed E-state index contributed by atoms with van der Waals surface area (Å²) in [5.74, 6) is 0.448. The molecule has 0 aliphatic carbocycles. The van der Waals surface area contributed by atoms with Gasteiger partial charge in [-0.05, 0) is 56.0 Å². The molecule has 1 rings (SSSR count). The molecule has 0 amide bonds. The maximum absolute atomic E-state index is 5.63. The molecule has 0 saturated heterocycles. The van der Waals surface area contributed by atoms with E-state index >= 15 is 0 Å².